The summed E-state index contributed by atoms with van der Waals surface area (Å²) in [6.07, 6.45) is -3.85. The highest BCUT2D eigenvalue weighted by Gasteiger charge is 2.33. The lowest BCUT2D eigenvalue weighted by Crippen LogP contribution is -2.14. The third kappa shape index (κ3) is 4.71. The third-order valence-corrected chi connectivity index (χ3v) is 2.71. The summed E-state index contributed by atoms with van der Waals surface area (Å²) >= 11 is 0. The number of nitrogens with one attached hydrogen (secondary N) is 1. The van der Waals surface area contributed by atoms with Crippen LogP contribution in [0.3, 0.4) is 0 Å². The molecule has 20 heavy (non-hydrogen) atoms. The number of hydrogen-bond acceptors (Lipinski definition) is 3. The maximum Gasteiger partial charge on any atom is 0.416 e. The average Bonchev–Trinajstić information content (AvgIpc) is 2.25. The normalized spacial score (nSPS) is 12.3. The van der Waals surface area contributed by atoms with Gasteiger partial charge in [-0.25, -0.2) is 0 Å². The number of hydrogen-bond donors (Lipinski definition) is 1. The van der Waals surface area contributed by atoms with E-state index in [9.17, 15) is 23.3 Å². The molecule has 1 aromatic carbocycles. The second-order valence-electron chi connectivity index (χ2n) is 5.72. The monoisotopic (exact) mass is 290 g/mol. The largest absolute Gasteiger partial charge is 0.416 e. The molecule has 0 spiro atoms. The van der Waals surface area contributed by atoms with Gasteiger partial charge < -0.3 is 5.32 Å². The molecule has 7 heteroatoms. The van der Waals surface area contributed by atoms with Crippen LogP contribution in [-0.4, -0.2) is 11.5 Å². The Morgan fingerprint density at radius 3 is 2.30 bits per heavy atom. The molecule has 0 saturated heterocycles. The van der Waals surface area contributed by atoms with Crippen LogP contribution in [-0.2, 0) is 6.18 Å². The Hall–Kier alpha value is -1.79. The Morgan fingerprint density at radius 1 is 1.25 bits per heavy atom. The van der Waals surface area contributed by atoms with Crippen molar-refractivity contribution in [2.45, 2.75) is 33.4 Å². The van der Waals surface area contributed by atoms with Gasteiger partial charge in [0, 0.05) is 12.6 Å². The summed E-state index contributed by atoms with van der Waals surface area (Å²) < 4.78 is 37.6. The number of benzene rings is 1. The zero-order valence-corrected chi connectivity index (χ0v) is 11.5. The predicted octanol–water partition coefficient (Wildman–Crippen LogP) is 4.46. The molecule has 0 fully saturated rings. The molecule has 0 heterocycles. The number of halogens is 3. The zero-order chi connectivity index (χ0) is 15.6. The predicted molar refractivity (Wildman–Crippen MR) is 70.7 cm³/mol. The van der Waals surface area contributed by atoms with Crippen molar-refractivity contribution in [3.63, 3.8) is 0 Å². The Balaban J connectivity index is 2.94. The highest BCUT2D eigenvalue weighted by Crippen LogP contribution is 2.35. The second kappa shape index (κ2) is 5.68. The molecule has 0 radical (unpaired) electrons. The smallest absolute Gasteiger partial charge is 0.379 e. The molecular weight excluding hydrogens is 273 g/mol. The van der Waals surface area contributed by atoms with Crippen LogP contribution in [0, 0.1) is 15.5 Å². The van der Waals surface area contributed by atoms with Crippen LogP contribution in [0.2, 0.25) is 0 Å². The van der Waals surface area contributed by atoms with Crippen LogP contribution in [0.15, 0.2) is 18.2 Å². The average molecular weight is 290 g/mol. The summed E-state index contributed by atoms with van der Waals surface area (Å²) in [7, 11) is 0. The van der Waals surface area contributed by atoms with Gasteiger partial charge in [-0.15, -0.1) is 0 Å². The Kier molecular flexibility index (Phi) is 4.62. The van der Waals surface area contributed by atoms with Crippen molar-refractivity contribution >= 4 is 11.4 Å². The lowest BCUT2D eigenvalue weighted by molar-refractivity contribution is -0.384. The van der Waals surface area contributed by atoms with Crippen molar-refractivity contribution in [1.29, 1.82) is 0 Å². The molecule has 0 bridgehead atoms. The number of rotatable bonds is 4. The van der Waals surface area contributed by atoms with Gasteiger partial charge >= 0.3 is 6.18 Å². The van der Waals surface area contributed by atoms with E-state index in [1.807, 2.05) is 20.8 Å². The minimum atomic E-state index is -4.59. The molecular formula is C13H17F3N2O2. The van der Waals surface area contributed by atoms with Crippen LogP contribution in [0.5, 0.6) is 0 Å². The lowest BCUT2D eigenvalue weighted by atomic mass is 9.92. The molecule has 0 aliphatic heterocycles. The molecule has 0 unspecified atom stereocenters. The van der Waals surface area contributed by atoms with Crippen molar-refractivity contribution in [1.82, 2.24) is 0 Å². The fraction of sp³-hybridized carbons (Fsp3) is 0.538. The van der Waals surface area contributed by atoms with Crippen molar-refractivity contribution in [2.24, 2.45) is 5.41 Å². The van der Waals surface area contributed by atoms with E-state index < -0.39 is 22.4 Å². The van der Waals surface area contributed by atoms with Crippen LogP contribution in [0.1, 0.15) is 32.8 Å². The fourth-order valence-corrected chi connectivity index (χ4v) is 1.58. The molecule has 0 amide bonds. The van der Waals surface area contributed by atoms with Gasteiger partial charge in [0.1, 0.15) is 5.69 Å². The zero-order valence-electron chi connectivity index (χ0n) is 11.5. The molecule has 1 aromatic rings. The first kappa shape index (κ1) is 16.3. The van der Waals surface area contributed by atoms with Gasteiger partial charge in [0.25, 0.3) is 5.69 Å². The topological polar surface area (TPSA) is 55.2 Å². The number of anilines is 1. The van der Waals surface area contributed by atoms with Crippen molar-refractivity contribution in [2.75, 3.05) is 11.9 Å². The standard InChI is InChI=1S/C13H17F3N2O2/c1-12(2,3)6-7-17-10-5-4-9(13(14,15)16)8-11(10)18(19)20/h4-5,8,17H,6-7H2,1-3H3. The summed E-state index contributed by atoms with van der Waals surface area (Å²) in [5, 5.41) is 13.7. The maximum absolute atomic E-state index is 12.5. The van der Waals surface area contributed by atoms with Gasteiger partial charge in [0.05, 0.1) is 10.5 Å². The lowest BCUT2D eigenvalue weighted by Gasteiger charge is -2.18. The second-order valence-corrected chi connectivity index (χ2v) is 5.72. The quantitative estimate of drug-likeness (QED) is 0.658. The van der Waals surface area contributed by atoms with E-state index in [0.29, 0.717) is 12.6 Å². The molecule has 0 aromatic heterocycles. The molecule has 4 nitrogen and oxygen atoms in total. The van der Waals surface area contributed by atoms with Gasteiger partial charge in [0.2, 0.25) is 0 Å². The molecule has 0 aliphatic rings. The van der Waals surface area contributed by atoms with E-state index in [2.05, 4.69) is 5.32 Å². The highest BCUT2D eigenvalue weighted by atomic mass is 19.4. The van der Waals surface area contributed by atoms with Crippen molar-refractivity contribution in [3.05, 3.63) is 33.9 Å². The first-order valence-corrected chi connectivity index (χ1v) is 6.10. The van der Waals surface area contributed by atoms with E-state index in [4.69, 9.17) is 0 Å². The van der Waals surface area contributed by atoms with Gasteiger partial charge in [-0.3, -0.25) is 10.1 Å². The third-order valence-electron chi connectivity index (χ3n) is 2.71. The maximum atomic E-state index is 12.5. The van der Waals surface area contributed by atoms with E-state index >= 15 is 0 Å². The summed E-state index contributed by atoms with van der Waals surface area (Å²) in [6, 6.07) is 2.50. The van der Waals surface area contributed by atoms with Crippen LogP contribution in [0.4, 0.5) is 24.5 Å². The highest BCUT2D eigenvalue weighted by molar-refractivity contribution is 5.62. The Bertz CT molecular complexity index is 493. The van der Waals surface area contributed by atoms with Gasteiger partial charge in [0.15, 0.2) is 0 Å². The molecule has 0 atom stereocenters. The minimum Gasteiger partial charge on any atom is -0.379 e. The van der Waals surface area contributed by atoms with Crippen molar-refractivity contribution < 1.29 is 18.1 Å². The minimum absolute atomic E-state index is 0.0354. The fourth-order valence-electron chi connectivity index (χ4n) is 1.58. The first-order chi connectivity index (χ1) is 9.00. The molecule has 1 N–H and O–H groups in total. The van der Waals surface area contributed by atoms with Crippen LogP contribution >= 0.6 is 0 Å². The van der Waals surface area contributed by atoms with Crippen LogP contribution in [0.25, 0.3) is 0 Å². The molecule has 0 saturated carbocycles. The Morgan fingerprint density at radius 2 is 1.85 bits per heavy atom. The van der Waals surface area contributed by atoms with E-state index in [1.165, 1.54) is 0 Å². The van der Waals surface area contributed by atoms with E-state index in [1.54, 1.807) is 0 Å². The van der Waals surface area contributed by atoms with Crippen LogP contribution < -0.4 is 5.32 Å². The van der Waals surface area contributed by atoms with E-state index in [-0.39, 0.29) is 11.1 Å². The van der Waals surface area contributed by atoms with Gasteiger partial charge in [-0.05, 0) is 24.0 Å². The summed E-state index contributed by atoms with van der Waals surface area (Å²) in [6.45, 7) is 6.48. The Labute approximate surface area is 115 Å². The molecule has 1 rings (SSSR count). The first-order valence-electron chi connectivity index (χ1n) is 6.10. The molecule has 0 aliphatic carbocycles. The number of nitrogens with zero attached hydrogens (tertiary/aromatic N) is 1. The molecule has 112 valence electrons. The van der Waals surface area contributed by atoms with Crippen molar-refractivity contribution in [3.8, 4) is 0 Å². The summed E-state index contributed by atoms with van der Waals surface area (Å²) in [5.41, 5.74) is -1.44. The van der Waals surface area contributed by atoms with Gasteiger partial charge in [-0.1, -0.05) is 20.8 Å². The number of nitro benzene ring substituents is 1. The summed E-state index contributed by atoms with van der Waals surface area (Å²) in [4.78, 5) is 10.0. The van der Waals surface area contributed by atoms with E-state index in [0.717, 1.165) is 18.6 Å². The summed E-state index contributed by atoms with van der Waals surface area (Å²) in [5.74, 6) is 0. The van der Waals surface area contributed by atoms with Gasteiger partial charge in [-0.2, -0.15) is 13.2 Å². The number of alkyl halides is 3. The SMILES string of the molecule is CC(C)(C)CCNc1ccc(C(F)(F)F)cc1[N+](=O)[O-]. The number of nitro groups is 1.